The highest BCUT2D eigenvalue weighted by Gasteiger charge is 2.21. The van der Waals surface area contributed by atoms with Crippen molar-refractivity contribution in [1.29, 1.82) is 0 Å². The first kappa shape index (κ1) is 15.1. The molecule has 1 aliphatic rings. The van der Waals surface area contributed by atoms with Crippen LogP contribution in [0.3, 0.4) is 0 Å². The van der Waals surface area contributed by atoms with Gasteiger partial charge in [-0.3, -0.25) is 14.7 Å². The van der Waals surface area contributed by atoms with Gasteiger partial charge in [-0.05, 0) is 24.8 Å². The fraction of sp³-hybridized carbons (Fsp3) is 0.438. The van der Waals surface area contributed by atoms with Gasteiger partial charge in [-0.1, -0.05) is 6.07 Å². The molecule has 3 rings (SSSR count). The van der Waals surface area contributed by atoms with E-state index < -0.39 is 0 Å². The molecule has 1 fully saturated rings. The summed E-state index contributed by atoms with van der Waals surface area (Å²) < 4.78 is 0. The van der Waals surface area contributed by atoms with Crippen molar-refractivity contribution in [3.05, 3.63) is 46.2 Å². The van der Waals surface area contributed by atoms with Crippen LogP contribution in [0.2, 0.25) is 0 Å². The number of hydrogen-bond donors (Lipinski definition) is 0. The average Bonchev–Trinajstić information content (AvgIpc) is 2.92. The minimum Gasteiger partial charge on any atom is -0.336 e. The van der Waals surface area contributed by atoms with Crippen molar-refractivity contribution in [2.45, 2.75) is 19.9 Å². The van der Waals surface area contributed by atoms with Crippen molar-refractivity contribution in [3.63, 3.8) is 0 Å². The van der Waals surface area contributed by atoms with Crippen molar-refractivity contribution in [1.82, 2.24) is 19.8 Å². The molecule has 0 aliphatic carbocycles. The molecule has 6 heteroatoms. The molecule has 3 heterocycles. The molecular weight excluding hydrogens is 296 g/mol. The van der Waals surface area contributed by atoms with E-state index >= 15 is 0 Å². The lowest BCUT2D eigenvalue weighted by Crippen LogP contribution is -2.35. The Labute approximate surface area is 134 Å². The Hall–Kier alpha value is -1.79. The van der Waals surface area contributed by atoms with Gasteiger partial charge in [-0.2, -0.15) is 0 Å². The van der Waals surface area contributed by atoms with E-state index in [-0.39, 0.29) is 5.91 Å². The summed E-state index contributed by atoms with van der Waals surface area (Å²) in [5, 5.41) is 2.11. The predicted octanol–water partition coefficient (Wildman–Crippen LogP) is 2.19. The second-order valence-corrected chi connectivity index (χ2v) is 6.58. The van der Waals surface area contributed by atoms with Crippen LogP contribution < -0.4 is 0 Å². The van der Waals surface area contributed by atoms with Crippen LogP contribution in [0.25, 0.3) is 0 Å². The van der Waals surface area contributed by atoms with E-state index in [1.807, 2.05) is 11.8 Å². The molecule has 0 aromatic carbocycles. The summed E-state index contributed by atoms with van der Waals surface area (Å²) in [5.74, 6) is -0.00882. The van der Waals surface area contributed by atoms with Crippen molar-refractivity contribution < 1.29 is 4.79 Å². The van der Waals surface area contributed by atoms with Gasteiger partial charge in [0.05, 0.1) is 11.9 Å². The zero-order chi connectivity index (χ0) is 15.4. The maximum absolute atomic E-state index is 12.5. The van der Waals surface area contributed by atoms with Crippen molar-refractivity contribution in [3.8, 4) is 0 Å². The predicted molar refractivity (Wildman–Crippen MR) is 86.9 cm³/mol. The lowest BCUT2D eigenvalue weighted by Gasteiger charge is -2.21. The Morgan fingerprint density at radius 1 is 1.23 bits per heavy atom. The Morgan fingerprint density at radius 3 is 2.86 bits per heavy atom. The van der Waals surface area contributed by atoms with Gasteiger partial charge in [-0.15, -0.1) is 11.3 Å². The van der Waals surface area contributed by atoms with Crippen LogP contribution in [0.1, 0.15) is 27.5 Å². The molecule has 0 N–H and O–H groups in total. The van der Waals surface area contributed by atoms with Gasteiger partial charge >= 0.3 is 0 Å². The minimum atomic E-state index is -0.00882. The van der Waals surface area contributed by atoms with Gasteiger partial charge in [0.2, 0.25) is 0 Å². The van der Waals surface area contributed by atoms with E-state index in [0.717, 1.165) is 44.8 Å². The highest BCUT2D eigenvalue weighted by atomic mass is 32.1. The number of nitrogens with zero attached hydrogens (tertiary/aromatic N) is 4. The zero-order valence-electron chi connectivity index (χ0n) is 12.7. The average molecular weight is 316 g/mol. The molecule has 0 saturated carbocycles. The van der Waals surface area contributed by atoms with Crippen LogP contribution >= 0.6 is 11.3 Å². The standard InChI is InChI=1S/C16H20N4OS/c1-13-10-18-15(11-17-13)16(21)20-6-3-5-19(7-8-20)12-14-4-2-9-22-14/h2,4,9-11H,3,5-8,12H2,1H3. The number of amides is 1. The number of aryl methyl sites for hydroxylation is 1. The highest BCUT2D eigenvalue weighted by Crippen LogP contribution is 2.14. The quantitative estimate of drug-likeness (QED) is 0.871. The molecule has 0 spiro atoms. The molecule has 2 aromatic heterocycles. The van der Waals surface area contributed by atoms with Gasteiger partial charge in [0.25, 0.3) is 5.91 Å². The zero-order valence-corrected chi connectivity index (χ0v) is 13.6. The van der Waals surface area contributed by atoms with Crippen molar-refractivity contribution in [2.24, 2.45) is 0 Å². The van der Waals surface area contributed by atoms with E-state index in [1.165, 1.54) is 4.88 Å². The molecular formula is C16H20N4OS. The number of rotatable bonds is 3. The molecule has 1 aliphatic heterocycles. The lowest BCUT2D eigenvalue weighted by molar-refractivity contribution is 0.0755. The fourth-order valence-corrected chi connectivity index (χ4v) is 3.37. The topological polar surface area (TPSA) is 49.3 Å². The molecule has 5 nitrogen and oxygen atoms in total. The van der Waals surface area contributed by atoms with Crippen LogP contribution in [0.4, 0.5) is 0 Å². The Balaban J connectivity index is 1.60. The Morgan fingerprint density at radius 2 is 2.14 bits per heavy atom. The first-order valence-electron chi connectivity index (χ1n) is 7.55. The molecule has 0 radical (unpaired) electrons. The minimum absolute atomic E-state index is 0.00882. The van der Waals surface area contributed by atoms with Gasteiger partial charge in [0.1, 0.15) is 5.69 Å². The maximum atomic E-state index is 12.5. The summed E-state index contributed by atoms with van der Waals surface area (Å²) in [4.78, 5) is 26.5. The van der Waals surface area contributed by atoms with Crippen molar-refractivity contribution >= 4 is 17.2 Å². The maximum Gasteiger partial charge on any atom is 0.274 e. The van der Waals surface area contributed by atoms with Crippen LogP contribution in [0, 0.1) is 6.92 Å². The summed E-state index contributed by atoms with van der Waals surface area (Å²) >= 11 is 1.79. The van der Waals surface area contributed by atoms with Crippen LogP contribution in [-0.4, -0.2) is 51.9 Å². The van der Waals surface area contributed by atoms with Gasteiger partial charge < -0.3 is 4.90 Å². The second-order valence-electron chi connectivity index (χ2n) is 5.54. The molecule has 2 aromatic rings. The van der Waals surface area contributed by atoms with E-state index in [0.29, 0.717) is 5.69 Å². The molecule has 0 atom stereocenters. The number of aromatic nitrogens is 2. The lowest BCUT2D eigenvalue weighted by atomic mass is 10.3. The molecule has 1 amide bonds. The third kappa shape index (κ3) is 3.69. The van der Waals surface area contributed by atoms with Crippen LogP contribution in [-0.2, 0) is 6.54 Å². The second kappa shape index (κ2) is 6.98. The summed E-state index contributed by atoms with van der Waals surface area (Å²) in [6.07, 6.45) is 4.22. The fourth-order valence-electron chi connectivity index (χ4n) is 2.62. The molecule has 22 heavy (non-hydrogen) atoms. The molecule has 1 saturated heterocycles. The molecule has 0 unspecified atom stereocenters. The first-order chi connectivity index (χ1) is 10.7. The van der Waals surface area contributed by atoms with E-state index in [1.54, 1.807) is 23.7 Å². The monoisotopic (exact) mass is 316 g/mol. The normalized spacial score (nSPS) is 16.5. The summed E-state index contributed by atoms with van der Waals surface area (Å²) in [7, 11) is 0. The summed E-state index contributed by atoms with van der Waals surface area (Å²) in [5.41, 5.74) is 1.27. The summed E-state index contributed by atoms with van der Waals surface area (Å²) in [6.45, 7) is 6.32. The smallest absolute Gasteiger partial charge is 0.274 e. The van der Waals surface area contributed by atoms with E-state index in [4.69, 9.17) is 0 Å². The van der Waals surface area contributed by atoms with Gasteiger partial charge in [0.15, 0.2) is 0 Å². The number of carbonyl (C=O) groups is 1. The Kier molecular flexibility index (Phi) is 4.80. The van der Waals surface area contributed by atoms with E-state index in [2.05, 4.69) is 32.4 Å². The highest BCUT2D eigenvalue weighted by molar-refractivity contribution is 7.09. The van der Waals surface area contributed by atoms with Crippen LogP contribution in [0.5, 0.6) is 0 Å². The number of carbonyl (C=O) groups excluding carboxylic acids is 1. The molecule has 116 valence electrons. The summed E-state index contributed by atoms with van der Waals surface area (Å²) in [6, 6.07) is 4.25. The van der Waals surface area contributed by atoms with E-state index in [9.17, 15) is 4.79 Å². The van der Waals surface area contributed by atoms with Crippen LogP contribution in [0.15, 0.2) is 29.9 Å². The SMILES string of the molecule is Cc1cnc(C(=O)N2CCCN(Cc3cccs3)CC2)cn1. The molecule has 0 bridgehead atoms. The third-order valence-corrected chi connectivity index (χ3v) is 4.70. The largest absolute Gasteiger partial charge is 0.336 e. The first-order valence-corrected chi connectivity index (χ1v) is 8.43. The third-order valence-electron chi connectivity index (χ3n) is 3.84. The number of hydrogen-bond acceptors (Lipinski definition) is 5. The Bertz CT molecular complexity index is 612. The number of thiophene rings is 1. The van der Waals surface area contributed by atoms with Gasteiger partial charge in [0, 0.05) is 43.8 Å². The van der Waals surface area contributed by atoms with Crippen molar-refractivity contribution in [2.75, 3.05) is 26.2 Å². The van der Waals surface area contributed by atoms with Gasteiger partial charge in [-0.25, -0.2) is 4.98 Å².